The van der Waals surface area contributed by atoms with Gasteiger partial charge in [0.25, 0.3) is 5.91 Å². The molecule has 2 aromatic rings. The predicted octanol–water partition coefficient (Wildman–Crippen LogP) is 2.22. The number of aliphatic hydroxyl groups is 1. The van der Waals surface area contributed by atoms with Crippen LogP contribution in [0.4, 0.5) is 0 Å². The van der Waals surface area contributed by atoms with E-state index in [1.54, 1.807) is 31.4 Å². The number of nitrogens with one attached hydrogen (secondary N) is 1. The van der Waals surface area contributed by atoms with Gasteiger partial charge in [-0.3, -0.25) is 4.79 Å². The van der Waals surface area contributed by atoms with E-state index in [2.05, 4.69) is 10.2 Å². The van der Waals surface area contributed by atoms with Gasteiger partial charge in [0.15, 0.2) is 0 Å². The average Bonchev–Trinajstić information content (AvgIpc) is 2.59. The van der Waals surface area contributed by atoms with Crippen LogP contribution >= 0.6 is 0 Å². The van der Waals surface area contributed by atoms with Crippen LogP contribution in [-0.2, 0) is 6.54 Å². The molecule has 128 valence electrons. The van der Waals surface area contributed by atoms with E-state index in [0.717, 1.165) is 12.1 Å². The van der Waals surface area contributed by atoms with Crippen molar-refractivity contribution in [3.63, 3.8) is 0 Å². The molecule has 0 aliphatic carbocycles. The monoisotopic (exact) mass is 328 g/mol. The Morgan fingerprint density at radius 2 is 1.92 bits per heavy atom. The molecular weight excluding hydrogens is 304 g/mol. The molecule has 0 aliphatic heterocycles. The van der Waals surface area contributed by atoms with Crippen LogP contribution in [0.5, 0.6) is 5.75 Å². The van der Waals surface area contributed by atoms with Crippen molar-refractivity contribution in [2.45, 2.75) is 12.6 Å². The number of rotatable bonds is 7. The summed E-state index contributed by atoms with van der Waals surface area (Å²) >= 11 is 0. The maximum atomic E-state index is 12.2. The smallest absolute Gasteiger partial charge is 0.251 e. The molecule has 0 saturated carbocycles. The third-order valence-electron chi connectivity index (χ3n) is 3.65. The van der Waals surface area contributed by atoms with Gasteiger partial charge in [0.1, 0.15) is 5.75 Å². The van der Waals surface area contributed by atoms with Gasteiger partial charge in [0.2, 0.25) is 0 Å². The molecule has 0 aromatic heterocycles. The van der Waals surface area contributed by atoms with Crippen molar-refractivity contribution in [1.29, 1.82) is 0 Å². The van der Waals surface area contributed by atoms with Gasteiger partial charge in [0, 0.05) is 18.7 Å². The molecule has 0 saturated heterocycles. The second-order valence-electron chi connectivity index (χ2n) is 5.94. The van der Waals surface area contributed by atoms with Crippen molar-refractivity contribution in [3.05, 3.63) is 65.2 Å². The Bertz CT molecular complexity index is 669. The Hall–Kier alpha value is -2.37. The number of hydrogen-bond donors (Lipinski definition) is 2. The molecule has 5 heteroatoms. The van der Waals surface area contributed by atoms with Crippen LogP contribution in [0, 0.1) is 0 Å². The van der Waals surface area contributed by atoms with Crippen LogP contribution in [0.2, 0.25) is 0 Å². The number of hydrogen-bond acceptors (Lipinski definition) is 4. The zero-order chi connectivity index (χ0) is 17.5. The Kier molecular flexibility index (Phi) is 6.35. The number of amides is 1. The second-order valence-corrected chi connectivity index (χ2v) is 5.94. The highest BCUT2D eigenvalue weighted by molar-refractivity contribution is 5.94. The van der Waals surface area contributed by atoms with E-state index >= 15 is 0 Å². The van der Waals surface area contributed by atoms with Crippen molar-refractivity contribution in [2.75, 3.05) is 27.7 Å². The molecule has 1 atom stereocenters. The fourth-order valence-electron chi connectivity index (χ4n) is 2.38. The van der Waals surface area contributed by atoms with Crippen LogP contribution in [0.15, 0.2) is 48.5 Å². The Labute approximate surface area is 142 Å². The van der Waals surface area contributed by atoms with Crippen molar-refractivity contribution < 1.29 is 14.6 Å². The Morgan fingerprint density at radius 1 is 1.21 bits per heavy atom. The summed E-state index contributed by atoms with van der Waals surface area (Å²) < 4.78 is 5.14. The number of carbonyl (C=O) groups excluding carboxylic acids is 1. The lowest BCUT2D eigenvalue weighted by atomic mass is 10.1. The molecule has 2 aromatic carbocycles. The van der Waals surface area contributed by atoms with Gasteiger partial charge < -0.3 is 20.1 Å². The first kappa shape index (κ1) is 18.0. The zero-order valence-electron chi connectivity index (χ0n) is 14.3. The number of aliphatic hydroxyl groups excluding tert-OH is 1. The molecule has 0 radical (unpaired) electrons. The fourth-order valence-corrected chi connectivity index (χ4v) is 2.38. The van der Waals surface area contributed by atoms with E-state index < -0.39 is 6.10 Å². The molecule has 0 heterocycles. The summed E-state index contributed by atoms with van der Waals surface area (Å²) in [5.41, 5.74) is 2.43. The topological polar surface area (TPSA) is 61.8 Å². The largest absolute Gasteiger partial charge is 0.497 e. The SMILES string of the molecule is COc1cccc(C(O)CNC(=O)c2ccc(CN(C)C)cc2)c1. The van der Waals surface area contributed by atoms with E-state index in [4.69, 9.17) is 4.74 Å². The lowest BCUT2D eigenvalue weighted by Gasteiger charge is -2.14. The summed E-state index contributed by atoms with van der Waals surface area (Å²) in [5.74, 6) is 0.475. The molecule has 24 heavy (non-hydrogen) atoms. The number of benzene rings is 2. The van der Waals surface area contributed by atoms with E-state index in [-0.39, 0.29) is 12.5 Å². The molecule has 0 fully saturated rings. The van der Waals surface area contributed by atoms with Gasteiger partial charge in [-0.2, -0.15) is 0 Å². The van der Waals surface area contributed by atoms with E-state index in [1.807, 2.05) is 38.4 Å². The molecule has 1 unspecified atom stereocenters. The predicted molar refractivity (Wildman–Crippen MR) is 94.1 cm³/mol. The maximum Gasteiger partial charge on any atom is 0.251 e. The normalized spacial score (nSPS) is 12.0. The van der Waals surface area contributed by atoms with Crippen LogP contribution < -0.4 is 10.1 Å². The highest BCUT2D eigenvalue weighted by Gasteiger charge is 2.11. The molecule has 0 spiro atoms. The van der Waals surface area contributed by atoms with Crippen molar-refractivity contribution in [3.8, 4) is 5.75 Å². The molecule has 0 bridgehead atoms. The molecule has 1 amide bonds. The minimum atomic E-state index is -0.780. The fraction of sp³-hybridized carbons (Fsp3) is 0.316. The Balaban J connectivity index is 1.92. The van der Waals surface area contributed by atoms with Crippen molar-refractivity contribution in [1.82, 2.24) is 10.2 Å². The first-order valence-electron chi connectivity index (χ1n) is 7.83. The summed E-state index contributed by atoms with van der Waals surface area (Å²) in [5, 5.41) is 13.0. The van der Waals surface area contributed by atoms with E-state index in [9.17, 15) is 9.90 Å². The highest BCUT2D eigenvalue weighted by atomic mass is 16.5. The first-order valence-corrected chi connectivity index (χ1v) is 7.83. The maximum absolute atomic E-state index is 12.2. The minimum Gasteiger partial charge on any atom is -0.497 e. The van der Waals surface area contributed by atoms with Gasteiger partial charge in [-0.25, -0.2) is 0 Å². The summed E-state index contributed by atoms with van der Waals surface area (Å²) in [6.07, 6.45) is -0.780. The third-order valence-corrected chi connectivity index (χ3v) is 3.65. The zero-order valence-corrected chi connectivity index (χ0v) is 14.3. The summed E-state index contributed by atoms with van der Waals surface area (Å²) in [7, 11) is 5.58. The molecule has 2 N–H and O–H groups in total. The average molecular weight is 328 g/mol. The quantitative estimate of drug-likeness (QED) is 0.818. The molecule has 2 rings (SSSR count). The number of ether oxygens (including phenoxy) is 1. The first-order chi connectivity index (χ1) is 11.5. The van der Waals surface area contributed by atoms with Crippen LogP contribution in [-0.4, -0.2) is 43.7 Å². The second kappa shape index (κ2) is 8.47. The van der Waals surface area contributed by atoms with E-state index in [0.29, 0.717) is 16.9 Å². The Morgan fingerprint density at radius 3 is 2.54 bits per heavy atom. The van der Waals surface area contributed by atoms with Gasteiger partial charge in [-0.05, 0) is 49.5 Å². The van der Waals surface area contributed by atoms with Crippen molar-refractivity contribution in [2.24, 2.45) is 0 Å². The molecule has 0 aliphatic rings. The van der Waals surface area contributed by atoms with Gasteiger partial charge >= 0.3 is 0 Å². The standard InChI is InChI=1S/C19H24N2O3/c1-21(2)13-14-7-9-15(10-8-14)19(23)20-12-18(22)16-5-4-6-17(11-16)24-3/h4-11,18,22H,12-13H2,1-3H3,(H,20,23). The van der Waals surface area contributed by atoms with E-state index in [1.165, 1.54) is 0 Å². The lowest BCUT2D eigenvalue weighted by Crippen LogP contribution is -2.28. The highest BCUT2D eigenvalue weighted by Crippen LogP contribution is 2.18. The van der Waals surface area contributed by atoms with Crippen molar-refractivity contribution >= 4 is 5.91 Å². The summed E-state index contributed by atoms with van der Waals surface area (Å²) in [4.78, 5) is 14.2. The van der Waals surface area contributed by atoms with Crippen LogP contribution in [0.1, 0.15) is 27.6 Å². The summed E-state index contributed by atoms with van der Waals surface area (Å²) in [6, 6.07) is 14.6. The number of methoxy groups -OCH3 is 1. The van der Waals surface area contributed by atoms with Crippen LogP contribution in [0.3, 0.4) is 0 Å². The van der Waals surface area contributed by atoms with Gasteiger partial charge in [-0.15, -0.1) is 0 Å². The van der Waals surface area contributed by atoms with Gasteiger partial charge in [-0.1, -0.05) is 24.3 Å². The van der Waals surface area contributed by atoms with Crippen LogP contribution in [0.25, 0.3) is 0 Å². The third kappa shape index (κ3) is 5.08. The molecule has 5 nitrogen and oxygen atoms in total. The summed E-state index contributed by atoms with van der Waals surface area (Å²) in [6.45, 7) is 0.974. The van der Waals surface area contributed by atoms with Gasteiger partial charge in [0.05, 0.1) is 13.2 Å². The number of carbonyl (C=O) groups is 1. The molecular formula is C19H24N2O3. The lowest BCUT2D eigenvalue weighted by molar-refractivity contribution is 0.0916. The minimum absolute atomic E-state index is 0.144. The number of nitrogens with zero attached hydrogens (tertiary/aromatic N) is 1.